The molecular weight excluding hydrogens is 366 g/mol. The molecule has 3 aromatic rings. The van der Waals surface area contributed by atoms with Gasteiger partial charge < -0.3 is 4.74 Å². The zero-order valence-electron chi connectivity index (χ0n) is 13.5. The monoisotopic (exact) mass is 381 g/mol. The lowest BCUT2D eigenvalue weighted by Crippen LogP contribution is -2.08. The molecule has 0 unspecified atom stereocenters. The fourth-order valence-corrected chi connectivity index (χ4v) is 4.26. The fourth-order valence-electron chi connectivity index (χ4n) is 2.39. The molecule has 0 fully saturated rings. The number of halogens is 1. The molecule has 0 radical (unpaired) electrons. The minimum absolute atomic E-state index is 0.315. The number of fused-ring (bicyclic) bond motifs is 1. The van der Waals surface area contributed by atoms with Gasteiger partial charge in [-0.15, -0.1) is 11.3 Å². The molecule has 0 bridgehead atoms. The fraction of sp³-hybridized carbons (Fsp3) is 0.312. The Hall–Kier alpha value is -1.57. The molecule has 2 heterocycles. The van der Waals surface area contributed by atoms with E-state index in [1.165, 1.54) is 0 Å². The average molecular weight is 382 g/mol. The van der Waals surface area contributed by atoms with E-state index in [-0.39, 0.29) is 0 Å². The van der Waals surface area contributed by atoms with Crippen molar-refractivity contribution >= 4 is 50.9 Å². The molecule has 0 aliphatic carbocycles. The predicted octanol–water partition coefficient (Wildman–Crippen LogP) is 4.40. The van der Waals surface area contributed by atoms with Crippen LogP contribution in [0.5, 0.6) is 0 Å². The van der Waals surface area contributed by atoms with Crippen molar-refractivity contribution in [3.63, 3.8) is 0 Å². The van der Waals surface area contributed by atoms with Crippen LogP contribution in [0.25, 0.3) is 10.2 Å². The van der Waals surface area contributed by atoms with Gasteiger partial charge in [-0.05, 0) is 38.3 Å². The number of nitrogens with zero attached hydrogens (tertiary/aromatic N) is 3. The van der Waals surface area contributed by atoms with Crippen LogP contribution in [0, 0.1) is 6.92 Å². The normalized spacial score (nSPS) is 11.2. The maximum Gasteiger partial charge on any atom is 0.358 e. The number of hydrogen-bond acceptors (Lipinski definition) is 6. The molecule has 0 aliphatic rings. The largest absolute Gasteiger partial charge is 0.461 e. The van der Waals surface area contributed by atoms with E-state index >= 15 is 0 Å². The number of carbonyl (C=O) groups excluding carboxylic acids is 1. The molecule has 0 atom stereocenters. The lowest BCUT2D eigenvalue weighted by atomic mass is 10.2. The van der Waals surface area contributed by atoms with E-state index < -0.39 is 5.97 Å². The average Bonchev–Trinajstić information content (AvgIpc) is 3.11. The molecule has 24 heavy (non-hydrogen) atoms. The van der Waals surface area contributed by atoms with Gasteiger partial charge in [0.2, 0.25) is 0 Å². The summed E-state index contributed by atoms with van der Waals surface area (Å²) in [6.07, 6.45) is 2.00. The first kappa shape index (κ1) is 17.3. The highest BCUT2D eigenvalue weighted by molar-refractivity contribution is 8.00. The number of thioether (sulfide) groups is 1. The summed E-state index contributed by atoms with van der Waals surface area (Å²) in [7, 11) is 0. The van der Waals surface area contributed by atoms with Crippen molar-refractivity contribution < 1.29 is 9.53 Å². The second-order valence-corrected chi connectivity index (χ2v) is 7.67. The summed E-state index contributed by atoms with van der Waals surface area (Å²) in [5, 5.41) is 5.03. The van der Waals surface area contributed by atoms with Gasteiger partial charge in [0, 0.05) is 16.3 Å². The Morgan fingerprint density at radius 3 is 2.92 bits per heavy atom. The van der Waals surface area contributed by atoms with E-state index in [0.29, 0.717) is 23.9 Å². The molecule has 0 N–H and O–H groups in total. The molecule has 126 valence electrons. The number of thiazole rings is 1. The molecule has 5 nitrogen and oxygen atoms in total. The number of carbonyl (C=O) groups is 1. The Morgan fingerprint density at radius 1 is 1.42 bits per heavy atom. The van der Waals surface area contributed by atoms with Crippen LogP contribution in [0.1, 0.15) is 28.7 Å². The highest BCUT2D eigenvalue weighted by Crippen LogP contribution is 2.33. The zero-order chi connectivity index (χ0) is 17.3. The second-order valence-electron chi connectivity index (χ2n) is 5.14. The van der Waals surface area contributed by atoms with Crippen LogP contribution in [0.4, 0.5) is 0 Å². The molecule has 0 amide bonds. The molecule has 0 spiro atoms. The van der Waals surface area contributed by atoms with E-state index in [1.54, 1.807) is 40.8 Å². The molecular formula is C16H16ClN3O2S2. The van der Waals surface area contributed by atoms with Crippen molar-refractivity contribution in [3.8, 4) is 0 Å². The van der Waals surface area contributed by atoms with E-state index in [4.69, 9.17) is 16.3 Å². The maximum absolute atomic E-state index is 11.8. The van der Waals surface area contributed by atoms with E-state index in [1.807, 2.05) is 25.3 Å². The lowest BCUT2D eigenvalue weighted by Gasteiger charge is -2.06. The lowest BCUT2D eigenvalue weighted by molar-refractivity contribution is 0.0518. The van der Waals surface area contributed by atoms with Gasteiger partial charge in [-0.25, -0.2) is 9.78 Å². The molecule has 0 saturated carbocycles. The van der Waals surface area contributed by atoms with Crippen molar-refractivity contribution in [2.24, 2.45) is 0 Å². The first-order chi connectivity index (χ1) is 11.5. The Bertz CT molecular complexity index is 904. The first-order valence-corrected chi connectivity index (χ1v) is 9.78. The minimum Gasteiger partial charge on any atom is -0.461 e. The Kier molecular flexibility index (Phi) is 5.12. The summed E-state index contributed by atoms with van der Waals surface area (Å²) in [4.78, 5) is 16.5. The van der Waals surface area contributed by atoms with Crippen LogP contribution in [0.3, 0.4) is 0 Å². The first-order valence-electron chi connectivity index (χ1n) is 7.36. The molecule has 8 heteroatoms. The summed E-state index contributed by atoms with van der Waals surface area (Å²) in [6, 6.07) is 5.56. The number of aryl methyl sites for hydroxylation is 1. The Morgan fingerprint density at radius 2 is 2.21 bits per heavy atom. The van der Waals surface area contributed by atoms with Gasteiger partial charge >= 0.3 is 5.97 Å². The molecule has 1 aromatic carbocycles. The van der Waals surface area contributed by atoms with Gasteiger partial charge in [0.05, 0.1) is 23.4 Å². The highest BCUT2D eigenvalue weighted by Gasteiger charge is 2.15. The highest BCUT2D eigenvalue weighted by atomic mass is 35.5. The number of rotatable bonds is 5. The molecule has 0 aliphatic heterocycles. The quantitative estimate of drug-likeness (QED) is 0.484. The van der Waals surface area contributed by atoms with Crippen LogP contribution in [-0.4, -0.2) is 33.6 Å². The zero-order valence-corrected chi connectivity index (χ0v) is 15.9. The molecule has 2 aromatic heterocycles. The Labute approximate surface area is 153 Å². The number of hydrogen-bond donors (Lipinski definition) is 0. The van der Waals surface area contributed by atoms with Gasteiger partial charge in [-0.3, -0.25) is 4.68 Å². The summed E-state index contributed by atoms with van der Waals surface area (Å²) in [5.74, 6) is -0.408. The number of esters is 1. The van der Waals surface area contributed by atoms with Gasteiger partial charge in [0.25, 0.3) is 0 Å². The summed E-state index contributed by atoms with van der Waals surface area (Å²) >= 11 is 9.48. The van der Waals surface area contributed by atoms with Gasteiger partial charge in [0.15, 0.2) is 10.0 Å². The molecule has 3 rings (SSSR count). The minimum atomic E-state index is -0.408. The third kappa shape index (κ3) is 3.43. The third-order valence-corrected chi connectivity index (χ3v) is 5.69. The van der Waals surface area contributed by atoms with Crippen molar-refractivity contribution in [3.05, 3.63) is 40.2 Å². The number of ether oxygens (including phenoxy) is 1. The summed E-state index contributed by atoms with van der Waals surface area (Å²) in [5.41, 5.74) is 3.11. The van der Waals surface area contributed by atoms with E-state index in [9.17, 15) is 4.79 Å². The van der Waals surface area contributed by atoms with Crippen LogP contribution in [-0.2, 0) is 11.3 Å². The molecule has 0 saturated heterocycles. The van der Waals surface area contributed by atoms with E-state index in [2.05, 4.69) is 10.1 Å². The van der Waals surface area contributed by atoms with Crippen molar-refractivity contribution in [1.29, 1.82) is 0 Å². The SMILES string of the molecule is CCOC(=O)c1cc(C)n(Cc2cc(Cl)cc3sc(SC)nc23)n1. The summed E-state index contributed by atoms with van der Waals surface area (Å²) in [6.45, 7) is 4.51. The summed E-state index contributed by atoms with van der Waals surface area (Å²) < 4.78 is 8.83. The van der Waals surface area contributed by atoms with Crippen LogP contribution >= 0.6 is 34.7 Å². The van der Waals surface area contributed by atoms with Gasteiger partial charge in [0.1, 0.15) is 0 Å². The van der Waals surface area contributed by atoms with Crippen LogP contribution < -0.4 is 0 Å². The predicted molar refractivity (Wildman–Crippen MR) is 98.4 cm³/mol. The van der Waals surface area contributed by atoms with Crippen molar-refractivity contribution in [1.82, 2.24) is 14.8 Å². The topological polar surface area (TPSA) is 57.0 Å². The number of benzene rings is 1. The van der Waals surface area contributed by atoms with E-state index in [0.717, 1.165) is 25.8 Å². The van der Waals surface area contributed by atoms with Gasteiger partial charge in [-0.1, -0.05) is 23.4 Å². The second kappa shape index (κ2) is 7.13. The maximum atomic E-state index is 11.8. The van der Waals surface area contributed by atoms with Crippen LogP contribution in [0.2, 0.25) is 5.02 Å². The standard InChI is InChI=1S/C16H16ClN3O2S2/c1-4-22-15(21)12-5-9(2)20(19-12)8-10-6-11(17)7-13-14(10)18-16(23-3)24-13/h5-7H,4,8H2,1-3H3. The third-order valence-electron chi connectivity index (χ3n) is 3.48. The van der Waals surface area contributed by atoms with Gasteiger partial charge in [-0.2, -0.15) is 5.10 Å². The smallest absolute Gasteiger partial charge is 0.358 e. The van der Waals surface area contributed by atoms with Crippen molar-refractivity contribution in [2.75, 3.05) is 12.9 Å². The van der Waals surface area contributed by atoms with Crippen LogP contribution in [0.15, 0.2) is 22.5 Å². The Balaban J connectivity index is 1.98. The number of aromatic nitrogens is 3. The van der Waals surface area contributed by atoms with Crippen molar-refractivity contribution in [2.45, 2.75) is 24.7 Å².